The molecule has 1 aromatic rings. The van der Waals surface area contributed by atoms with E-state index in [1.165, 1.54) is 25.7 Å². The molecule has 1 aromatic heterocycles. The molecular formula is C16H29N3O. The molecule has 4 heteroatoms. The molecule has 0 aliphatic heterocycles. The van der Waals surface area contributed by atoms with Gasteiger partial charge in [0.1, 0.15) is 0 Å². The third-order valence-corrected chi connectivity index (χ3v) is 4.62. The van der Waals surface area contributed by atoms with E-state index in [0.717, 1.165) is 43.4 Å². The Labute approximate surface area is 122 Å². The van der Waals surface area contributed by atoms with Crippen molar-refractivity contribution in [3.05, 3.63) is 11.7 Å². The van der Waals surface area contributed by atoms with Crippen molar-refractivity contribution in [2.75, 3.05) is 6.54 Å². The molecule has 1 saturated carbocycles. The fourth-order valence-electron chi connectivity index (χ4n) is 3.17. The molecule has 1 heterocycles. The van der Waals surface area contributed by atoms with Crippen molar-refractivity contribution in [2.24, 2.45) is 17.1 Å². The highest BCUT2D eigenvalue weighted by Crippen LogP contribution is 2.34. The summed E-state index contributed by atoms with van der Waals surface area (Å²) in [5, 5.41) is 4.21. The monoisotopic (exact) mass is 279 g/mol. The van der Waals surface area contributed by atoms with E-state index in [-0.39, 0.29) is 5.41 Å². The van der Waals surface area contributed by atoms with Gasteiger partial charge in [-0.1, -0.05) is 38.8 Å². The maximum absolute atomic E-state index is 5.65. The van der Waals surface area contributed by atoms with Crippen molar-refractivity contribution in [1.82, 2.24) is 10.1 Å². The number of nitrogens with zero attached hydrogens (tertiary/aromatic N) is 2. The predicted octanol–water partition coefficient (Wildman–Crippen LogP) is 3.67. The van der Waals surface area contributed by atoms with Crippen LogP contribution in [-0.4, -0.2) is 16.7 Å². The van der Waals surface area contributed by atoms with E-state index in [1.807, 2.05) is 0 Å². The van der Waals surface area contributed by atoms with Gasteiger partial charge < -0.3 is 10.3 Å². The highest BCUT2D eigenvalue weighted by Gasteiger charge is 2.25. The van der Waals surface area contributed by atoms with Crippen LogP contribution in [0.4, 0.5) is 0 Å². The molecule has 0 aromatic carbocycles. The van der Waals surface area contributed by atoms with Gasteiger partial charge in [0.25, 0.3) is 0 Å². The summed E-state index contributed by atoms with van der Waals surface area (Å²) in [6.07, 6.45) is 8.00. The number of hydrogen-bond donors (Lipinski definition) is 1. The molecule has 2 atom stereocenters. The third kappa shape index (κ3) is 4.30. The summed E-state index contributed by atoms with van der Waals surface area (Å²) in [5.74, 6) is 3.03. The number of nitrogens with two attached hydrogens (primary N) is 1. The summed E-state index contributed by atoms with van der Waals surface area (Å²) >= 11 is 0. The van der Waals surface area contributed by atoms with Crippen molar-refractivity contribution in [3.8, 4) is 0 Å². The molecule has 1 fully saturated rings. The van der Waals surface area contributed by atoms with Crippen molar-refractivity contribution in [1.29, 1.82) is 0 Å². The molecule has 1 aliphatic carbocycles. The van der Waals surface area contributed by atoms with Crippen molar-refractivity contribution in [2.45, 2.75) is 71.6 Å². The van der Waals surface area contributed by atoms with Crippen LogP contribution in [0.2, 0.25) is 0 Å². The second kappa shape index (κ2) is 6.70. The summed E-state index contributed by atoms with van der Waals surface area (Å²) in [7, 11) is 0. The molecule has 2 N–H and O–H groups in total. The molecule has 20 heavy (non-hydrogen) atoms. The molecule has 0 saturated heterocycles. The van der Waals surface area contributed by atoms with Crippen LogP contribution in [0.25, 0.3) is 0 Å². The van der Waals surface area contributed by atoms with Gasteiger partial charge in [-0.25, -0.2) is 0 Å². The van der Waals surface area contributed by atoms with E-state index in [2.05, 4.69) is 30.9 Å². The van der Waals surface area contributed by atoms with Crippen LogP contribution in [-0.2, 0) is 6.42 Å². The molecule has 0 bridgehead atoms. The summed E-state index contributed by atoms with van der Waals surface area (Å²) < 4.78 is 5.43. The lowest BCUT2D eigenvalue weighted by atomic mass is 9.82. The molecule has 2 unspecified atom stereocenters. The van der Waals surface area contributed by atoms with Gasteiger partial charge in [-0.05, 0) is 43.6 Å². The van der Waals surface area contributed by atoms with Crippen molar-refractivity contribution < 1.29 is 4.52 Å². The highest BCUT2D eigenvalue weighted by molar-refractivity contribution is 4.98. The van der Waals surface area contributed by atoms with Crippen LogP contribution < -0.4 is 5.73 Å². The van der Waals surface area contributed by atoms with Crippen LogP contribution in [0.1, 0.15) is 76.9 Å². The van der Waals surface area contributed by atoms with E-state index in [9.17, 15) is 0 Å². The molecule has 2 rings (SSSR count). The smallest absolute Gasteiger partial charge is 0.226 e. The third-order valence-electron chi connectivity index (χ3n) is 4.62. The summed E-state index contributed by atoms with van der Waals surface area (Å²) in [4.78, 5) is 4.62. The standard InChI is InChI=1S/C16H29N3O/c1-12-5-4-6-13(11-12)15-18-14(20-19-15)7-8-16(2,3)9-10-17/h12-13H,4-11,17H2,1-3H3. The van der Waals surface area contributed by atoms with E-state index < -0.39 is 0 Å². The number of aromatic nitrogens is 2. The zero-order valence-corrected chi connectivity index (χ0v) is 13.2. The second-order valence-electron chi connectivity index (χ2n) is 7.22. The fourth-order valence-corrected chi connectivity index (χ4v) is 3.17. The van der Waals surface area contributed by atoms with Gasteiger partial charge in [0.05, 0.1) is 0 Å². The van der Waals surface area contributed by atoms with Crippen molar-refractivity contribution >= 4 is 0 Å². The molecule has 0 amide bonds. The Kier molecular flexibility index (Phi) is 5.19. The molecule has 114 valence electrons. The van der Waals surface area contributed by atoms with Crippen LogP contribution in [0.3, 0.4) is 0 Å². The Morgan fingerprint density at radius 3 is 2.80 bits per heavy atom. The van der Waals surface area contributed by atoms with E-state index in [1.54, 1.807) is 0 Å². The second-order valence-corrected chi connectivity index (χ2v) is 7.22. The average Bonchev–Trinajstić information content (AvgIpc) is 2.85. The average molecular weight is 279 g/mol. The maximum Gasteiger partial charge on any atom is 0.226 e. The van der Waals surface area contributed by atoms with E-state index >= 15 is 0 Å². The summed E-state index contributed by atoms with van der Waals surface area (Å²) in [5.41, 5.74) is 5.90. The predicted molar refractivity (Wildman–Crippen MR) is 80.4 cm³/mol. The van der Waals surface area contributed by atoms with Gasteiger partial charge in [-0.15, -0.1) is 0 Å². The van der Waals surface area contributed by atoms with Gasteiger partial charge in [-0.3, -0.25) is 0 Å². The first-order valence-corrected chi connectivity index (χ1v) is 8.03. The Balaban J connectivity index is 1.89. The topological polar surface area (TPSA) is 64.9 Å². The lowest BCUT2D eigenvalue weighted by Gasteiger charge is -2.24. The van der Waals surface area contributed by atoms with E-state index in [4.69, 9.17) is 10.3 Å². The lowest BCUT2D eigenvalue weighted by Crippen LogP contribution is -2.18. The Morgan fingerprint density at radius 1 is 1.30 bits per heavy atom. The molecule has 0 spiro atoms. The first-order valence-electron chi connectivity index (χ1n) is 8.03. The lowest BCUT2D eigenvalue weighted by molar-refractivity contribution is 0.286. The highest BCUT2D eigenvalue weighted by atomic mass is 16.5. The number of hydrogen-bond acceptors (Lipinski definition) is 4. The van der Waals surface area contributed by atoms with Gasteiger partial charge in [-0.2, -0.15) is 4.98 Å². The normalized spacial score (nSPS) is 24.0. The van der Waals surface area contributed by atoms with Gasteiger partial charge in [0, 0.05) is 12.3 Å². The zero-order valence-electron chi connectivity index (χ0n) is 13.2. The first kappa shape index (κ1) is 15.5. The van der Waals surface area contributed by atoms with Crippen LogP contribution in [0.5, 0.6) is 0 Å². The largest absolute Gasteiger partial charge is 0.339 e. The van der Waals surface area contributed by atoms with Crippen LogP contribution in [0, 0.1) is 11.3 Å². The first-order chi connectivity index (χ1) is 9.50. The number of aryl methyl sites for hydroxylation is 1. The number of rotatable bonds is 6. The Morgan fingerprint density at radius 2 is 2.10 bits per heavy atom. The SMILES string of the molecule is CC1CCCC(c2noc(CCC(C)(C)CCN)n2)C1. The Bertz CT molecular complexity index is 414. The van der Waals surface area contributed by atoms with E-state index in [0.29, 0.717) is 5.92 Å². The van der Waals surface area contributed by atoms with Crippen LogP contribution >= 0.6 is 0 Å². The summed E-state index contributed by atoms with van der Waals surface area (Å²) in [6.45, 7) is 7.56. The zero-order chi connectivity index (χ0) is 14.6. The summed E-state index contributed by atoms with van der Waals surface area (Å²) in [6, 6.07) is 0. The van der Waals surface area contributed by atoms with Gasteiger partial charge in [0.2, 0.25) is 5.89 Å². The quantitative estimate of drug-likeness (QED) is 0.863. The Hall–Kier alpha value is -0.900. The minimum absolute atomic E-state index is 0.253. The molecule has 4 nitrogen and oxygen atoms in total. The van der Waals surface area contributed by atoms with Gasteiger partial charge in [0.15, 0.2) is 5.82 Å². The minimum Gasteiger partial charge on any atom is -0.339 e. The van der Waals surface area contributed by atoms with Crippen molar-refractivity contribution in [3.63, 3.8) is 0 Å². The molecule has 1 aliphatic rings. The minimum atomic E-state index is 0.253. The maximum atomic E-state index is 5.65. The van der Waals surface area contributed by atoms with Gasteiger partial charge >= 0.3 is 0 Å². The fraction of sp³-hybridized carbons (Fsp3) is 0.875. The van der Waals surface area contributed by atoms with Crippen LogP contribution in [0.15, 0.2) is 4.52 Å². The molecule has 0 radical (unpaired) electrons. The molecular weight excluding hydrogens is 250 g/mol.